The van der Waals surface area contributed by atoms with Crippen LogP contribution in [0.15, 0.2) is 48.9 Å². The standard InChI is InChI=1S/C28H30F2N8O3/c1-15-11-37(12-21(31)26(15)34-16(2)39)24-5-6-32-10-23(24)35-27-33-9-18-3-4-22(36-38(18)27)25-19(29)7-17(8-20(25)30)28(40)13-41-14-28/h3-10,15,21,26,40H,11-14,31H2,1-2H3,(H,33,35)(H,34,39). The number of aliphatic hydroxyl groups is 1. The Balaban J connectivity index is 1.30. The number of piperidine rings is 1. The lowest BCUT2D eigenvalue weighted by atomic mass is 9.89. The molecule has 5 heterocycles. The minimum absolute atomic E-state index is 0.0198. The van der Waals surface area contributed by atoms with Crippen molar-refractivity contribution in [3.63, 3.8) is 0 Å². The van der Waals surface area contributed by atoms with Crippen LogP contribution < -0.4 is 21.3 Å². The number of nitrogens with one attached hydrogen (secondary N) is 2. The lowest BCUT2D eigenvalue weighted by Gasteiger charge is -2.42. The van der Waals surface area contributed by atoms with Crippen LogP contribution in [-0.4, -0.2) is 69.0 Å². The number of fused-ring (bicyclic) bond motifs is 1. The van der Waals surface area contributed by atoms with E-state index in [-0.39, 0.29) is 53.9 Å². The van der Waals surface area contributed by atoms with Gasteiger partial charge in [-0.05, 0) is 41.8 Å². The number of rotatable bonds is 6. The van der Waals surface area contributed by atoms with Crippen LogP contribution >= 0.6 is 0 Å². The molecule has 3 unspecified atom stereocenters. The van der Waals surface area contributed by atoms with Gasteiger partial charge in [-0.15, -0.1) is 0 Å². The summed E-state index contributed by atoms with van der Waals surface area (Å²) in [6.07, 6.45) is 4.93. The van der Waals surface area contributed by atoms with Crippen LogP contribution in [0, 0.1) is 17.6 Å². The number of ether oxygens (including phenoxy) is 1. The molecule has 6 rings (SSSR count). The summed E-state index contributed by atoms with van der Waals surface area (Å²) in [5.74, 6) is -1.39. The highest BCUT2D eigenvalue weighted by Crippen LogP contribution is 2.35. The van der Waals surface area contributed by atoms with E-state index < -0.39 is 17.2 Å². The maximum Gasteiger partial charge on any atom is 0.229 e. The Morgan fingerprint density at radius 3 is 2.59 bits per heavy atom. The van der Waals surface area contributed by atoms with Crippen molar-refractivity contribution < 1.29 is 23.4 Å². The molecule has 2 aliphatic heterocycles. The zero-order valence-corrected chi connectivity index (χ0v) is 22.5. The van der Waals surface area contributed by atoms with Gasteiger partial charge in [-0.25, -0.2) is 13.8 Å². The van der Waals surface area contributed by atoms with Crippen LogP contribution in [0.3, 0.4) is 0 Å². The number of nitrogens with zero attached hydrogens (tertiary/aromatic N) is 5. The zero-order valence-electron chi connectivity index (χ0n) is 22.5. The second kappa shape index (κ2) is 10.3. The predicted octanol–water partition coefficient (Wildman–Crippen LogP) is 2.32. The van der Waals surface area contributed by atoms with E-state index in [2.05, 4.69) is 30.6 Å². The van der Waals surface area contributed by atoms with Crippen molar-refractivity contribution in [1.29, 1.82) is 0 Å². The van der Waals surface area contributed by atoms with E-state index in [1.165, 1.54) is 17.5 Å². The Bertz CT molecular complexity index is 1590. The number of nitrogens with two attached hydrogens (primary N) is 1. The van der Waals surface area contributed by atoms with Crippen LogP contribution in [0.25, 0.3) is 16.8 Å². The molecular weight excluding hydrogens is 534 g/mol. The van der Waals surface area contributed by atoms with Crippen LogP contribution in [0.5, 0.6) is 0 Å². The molecule has 0 bridgehead atoms. The third-order valence-corrected chi connectivity index (χ3v) is 7.67. The number of benzene rings is 1. The van der Waals surface area contributed by atoms with Crippen LogP contribution in [0.1, 0.15) is 19.4 Å². The lowest BCUT2D eigenvalue weighted by Crippen LogP contribution is -2.61. The molecule has 2 aliphatic rings. The van der Waals surface area contributed by atoms with Crippen LogP contribution in [-0.2, 0) is 15.1 Å². The molecule has 41 heavy (non-hydrogen) atoms. The van der Waals surface area contributed by atoms with Gasteiger partial charge in [0.25, 0.3) is 0 Å². The highest BCUT2D eigenvalue weighted by Gasteiger charge is 2.39. The highest BCUT2D eigenvalue weighted by atomic mass is 19.1. The molecule has 214 valence electrons. The lowest BCUT2D eigenvalue weighted by molar-refractivity contribution is -0.184. The van der Waals surface area contributed by atoms with E-state index in [1.807, 2.05) is 13.0 Å². The predicted molar refractivity (Wildman–Crippen MR) is 148 cm³/mol. The summed E-state index contributed by atoms with van der Waals surface area (Å²) in [5, 5.41) is 21.1. The number of amides is 1. The number of halogens is 2. The average Bonchev–Trinajstić information content (AvgIpc) is 3.31. The van der Waals surface area contributed by atoms with E-state index in [1.54, 1.807) is 24.7 Å². The third kappa shape index (κ3) is 4.96. The van der Waals surface area contributed by atoms with Gasteiger partial charge in [0, 0.05) is 38.3 Å². The quantitative estimate of drug-likeness (QED) is 0.277. The number of carbonyl (C=O) groups is 1. The molecule has 3 atom stereocenters. The van der Waals surface area contributed by atoms with Crippen molar-refractivity contribution in [2.75, 3.05) is 36.5 Å². The van der Waals surface area contributed by atoms with Crippen molar-refractivity contribution in [3.05, 3.63) is 66.1 Å². The molecule has 4 aromatic rings. The third-order valence-electron chi connectivity index (χ3n) is 7.67. The Morgan fingerprint density at radius 1 is 1.17 bits per heavy atom. The summed E-state index contributed by atoms with van der Waals surface area (Å²) in [4.78, 5) is 22.5. The topological polar surface area (TPSA) is 143 Å². The summed E-state index contributed by atoms with van der Waals surface area (Å²) in [7, 11) is 0. The fraction of sp³-hybridized carbons (Fsp3) is 0.357. The van der Waals surface area contributed by atoms with Gasteiger partial charge in [-0.2, -0.15) is 9.61 Å². The zero-order chi connectivity index (χ0) is 28.9. The summed E-state index contributed by atoms with van der Waals surface area (Å²) >= 11 is 0. The van der Waals surface area contributed by atoms with Crippen molar-refractivity contribution in [1.82, 2.24) is 24.9 Å². The summed E-state index contributed by atoms with van der Waals surface area (Å²) < 4.78 is 36.8. The maximum atomic E-state index is 15.2. The molecule has 0 aliphatic carbocycles. The second-order valence-corrected chi connectivity index (χ2v) is 10.8. The fourth-order valence-electron chi connectivity index (χ4n) is 5.54. The number of aromatic nitrogens is 4. The van der Waals surface area contributed by atoms with Gasteiger partial charge in [-0.1, -0.05) is 6.92 Å². The Labute approximate surface area is 234 Å². The SMILES string of the molecule is CC(=O)NC1C(C)CN(c2ccncc2Nc2ncc3ccc(-c4c(F)cc(C5(O)COC5)cc4F)nn23)CC1N. The molecule has 1 amide bonds. The highest BCUT2D eigenvalue weighted by molar-refractivity contribution is 5.75. The second-order valence-electron chi connectivity index (χ2n) is 10.8. The van der Waals surface area contributed by atoms with Gasteiger partial charge in [0.15, 0.2) is 0 Å². The van der Waals surface area contributed by atoms with E-state index in [0.717, 1.165) is 17.8 Å². The molecule has 0 saturated carbocycles. The van der Waals surface area contributed by atoms with Gasteiger partial charge in [0.05, 0.1) is 53.8 Å². The summed E-state index contributed by atoms with van der Waals surface area (Å²) in [6.45, 7) is 4.64. The average molecular weight is 565 g/mol. The normalized spacial score (nSPS) is 21.9. The Hall–Kier alpha value is -4.20. The van der Waals surface area contributed by atoms with Crippen molar-refractivity contribution in [2.24, 2.45) is 11.7 Å². The molecule has 5 N–H and O–H groups in total. The monoisotopic (exact) mass is 564 g/mol. The summed E-state index contributed by atoms with van der Waals surface area (Å²) in [6, 6.07) is 6.85. The van der Waals surface area contributed by atoms with Gasteiger partial charge in [0.2, 0.25) is 11.9 Å². The fourth-order valence-corrected chi connectivity index (χ4v) is 5.54. The molecule has 0 spiro atoms. The number of carbonyl (C=O) groups excluding carboxylic acids is 1. The van der Waals surface area contributed by atoms with Gasteiger partial charge in [0.1, 0.15) is 17.2 Å². The molecule has 1 aromatic carbocycles. The van der Waals surface area contributed by atoms with Crippen molar-refractivity contribution >= 4 is 28.7 Å². The van der Waals surface area contributed by atoms with Crippen molar-refractivity contribution in [2.45, 2.75) is 31.5 Å². The molecule has 0 radical (unpaired) electrons. The van der Waals surface area contributed by atoms with E-state index in [0.29, 0.717) is 30.2 Å². The number of hydrogen-bond acceptors (Lipinski definition) is 9. The largest absolute Gasteiger partial charge is 0.380 e. The van der Waals surface area contributed by atoms with Crippen LogP contribution in [0.4, 0.5) is 26.1 Å². The van der Waals surface area contributed by atoms with Gasteiger partial charge in [-0.3, -0.25) is 9.78 Å². The first-order valence-electron chi connectivity index (χ1n) is 13.3. The van der Waals surface area contributed by atoms with Crippen LogP contribution in [0.2, 0.25) is 0 Å². The Kier molecular flexibility index (Phi) is 6.80. The molecular formula is C28H30F2N8O3. The summed E-state index contributed by atoms with van der Waals surface area (Å²) in [5.41, 5.74) is 6.99. The van der Waals surface area contributed by atoms with Gasteiger partial charge < -0.3 is 31.1 Å². The first-order valence-corrected chi connectivity index (χ1v) is 13.3. The number of imidazole rings is 1. The molecule has 2 saturated heterocycles. The number of pyridine rings is 1. The number of hydrogen-bond donors (Lipinski definition) is 4. The van der Waals surface area contributed by atoms with E-state index in [4.69, 9.17) is 10.5 Å². The maximum absolute atomic E-state index is 15.2. The minimum atomic E-state index is -1.40. The first kappa shape index (κ1) is 27.0. The molecule has 11 nitrogen and oxygen atoms in total. The van der Waals surface area contributed by atoms with Crippen molar-refractivity contribution in [3.8, 4) is 11.3 Å². The smallest absolute Gasteiger partial charge is 0.229 e. The van der Waals surface area contributed by atoms with E-state index in [9.17, 15) is 9.90 Å². The number of anilines is 3. The molecule has 2 fully saturated rings. The minimum Gasteiger partial charge on any atom is -0.380 e. The first-order chi connectivity index (χ1) is 19.6. The van der Waals surface area contributed by atoms with E-state index >= 15 is 8.78 Å². The Morgan fingerprint density at radius 2 is 1.93 bits per heavy atom. The molecule has 3 aromatic heterocycles. The van der Waals surface area contributed by atoms with Gasteiger partial charge >= 0.3 is 0 Å². The molecule has 13 heteroatoms.